The van der Waals surface area contributed by atoms with Crippen molar-refractivity contribution in [1.29, 1.82) is 0 Å². The van der Waals surface area contributed by atoms with E-state index in [0.717, 1.165) is 0 Å². The zero-order valence-corrected chi connectivity index (χ0v) is 10.0. The number of Topliss-reactive ketones (excluding diaryl/α,β-unsaturated/α-hetero) is 1. The van der Waals surface area contributed by atoms with Crippen LogP contribution in [0.3, 0.4) is 0 Å². The smallest absolute Gasteiger partial charge is 0.274 e. The lowest BCUT2D eigenvalue weighted by Gasteiger charge is -2.03. The van der Waals surface area contributed by atoms with Gasteiger partial charge in [0.05, 0.1) is 10.6 Å². The lowest BCUT2D eigenvalue weighted by molar-refractivity contribution is -0.355. The Bertz CT molecular complexity index is 692. The van der Waals surface area contributed by atoms with E-state index in [1.165, 1.54) is 0 Å². The van der Waals surface area contributed by atoms with E-state index >= 15 is 0 Å². The van der Waals surface area contributed by atoms with Crippen molar-refractivity contribution in [3.8, 4) is 0 Å². The van der Waals surface area contributed by atoms with E-state index in [2.05, 4.69) is 0 Å². The van der Waals surface area contributed by atoms with Crippen LogP contribution in [0.5, 0.6) is 0 Å². The first-order chi connectivity index (χ1) is 8.70. The van der Waals surface area contributed by atoms with Gasteiger partial charge in [-0.05, 0) is 18.2 Å². The number of rotatable bonds is 1. The Morgan fingerprint density at radius 3 is 2.22 bits per heavy atom. The fourth-order valence-corrected chi connectivity index (χ4v) is 2.29. The third kappa shape index (κ3) is 1.45. The predicted octanol–water partition coefficient (Wildman–Crippen LogP) is 3.17. The number of carbonyl (C=O) groups excluding carboxylic acids is 1. The minimum Gasteiger partial charge on any atom is -0.618 e. The molecule has 18 heavy (non-hydrogen) atoms. The van der Waals surface area contributed by atoms with E-state index in [-0.39, 0.29) is 11.5 Å². The summed E-state index contributed by atoms with van der Waals surface area (Å²) in [6.07, 6.45) is 0. The number of nitrogens with zero attached hydrogens (tertiary/aromatic N) is 1. The minimum atomic E-state index is -0.284. The Kier molecular flexibility index (Phi) is 2.42. The van der Waals surface area contributed by atoms with Gasteiger partial charge in [-0.25, -0.2) is 0 Å². The molecule has 0 aromatic heterocycles. The van der Waals surface area contributed by atoms with Crippen LogP contribution < -0.4 is 0 Å². The number of hydrogen-bond donors (Lipinski definition) is 0. The average Bonchev–Trinajstić information content (AvgIpc) is 2.64. The monoisotopic (exact) mass is 257 g/mol. The van der Waals surface area contributed by atoms with Crippen LogP contribution in [0.15, 0.2) is 48.5 Å². The lowest BCUT2D eigenvalue weighted by atomic mass is 10.0. The average molecular weight is 258 g/mol. The SMILES string of the molecule is O=C1C(c2ccccc2Cl)=[N+]([O-])c2ccccc21. The van der Waals surface area contributed by atoms with Crippen molar-refractivity contribution in [2.75, 3.05) is 0 Å². The summed E-state index contributed by atoms with van der Waals surface area (Å²) in [7, 11) is 0. The second kappa shape index (κ2) is 3.96. The number of para-hydroxylation sites is 1. The zero-order valence-electron chi connectivity index (χ0n) is 9.26. The molecule has 3 rings (SSSR count). The fourth-order valence-electron chi connectivity index (χ4n) is 2.07. The molecule has 1 aliphatic rings. The number of hydrogen-bond acceptors (Lipinski definition) is 2. The number of fused-ring (bicyclic) bond motifs is 1. The molecule has 0 fully saturated rings. The van der Waals surface area contributed by atoms with Gasteiger partial charge in [0, 0.05) is 6.07 Å². The largest absolute Gasteiger partial charge is 0.618 e. The highest BCUT2D eigenvalue weighted by Gasteiger charge is 2.36. The minimum absolute atomic E-state index is 0.0850. The summed E-state index contributed by atoms with van der Waals surface area (Å²) in [6.45, 7) is 0. The molecule has 0 saturated carbocycles. The van der Waals surface area contributed by atoms with Gasteiger partial charge in [0.25, 0.3) is 11.5 Å². The van der Waals surface area contributed by atoms with Gasteiger partial charge in [0.2, 0.25) is 5.69 Å². The van der Waals surface area contributed by atoms with E-state index in [9.17, 15) is 10.0 Å². The van der Waals surface area contributed by atoms with E-state index < -0.39 is 0 Å². The second-order valence-corrected chi connectivity index (χ2v) is 4.38. The molecular weight excluding hydrogens is 250 g/mol. The van der Waals surface area contributed by atoms with Crippen LogP contribution in [0.1, 0.15) is 15.9 Å². The molecule has 2 aromatic carbocycles. The molecule has 88 valence electrons. The first-order valence-corrected chi connectivity index (χ1v) is 5.81. The van der Waals surface area contributed by atoms with Gasteiger partial charge in [-0.15, -0.1) is 0 Å². The number of ketones is 1. The van der Waals surface area contributed by atoms with E-state index in [4.69, 9.17) is 11.6 Å². The predicted molar refractivity (Wildman–Crippen MR) is 69.6 cm³/mol. The van der Waals surface area contributed by atoms with Crippen molar-refractivity contribution in [2.24, 2.45) is 0 Å². The highest BCUT2D eigenvalue weighted by atomic mass is 35.5. The summed E-state index contributed by atoms with van der Waals surface area (Å²) < 4.78 is 0.652. The Hall–Kier alpha value is -2.13. The Balaban J connectivity index is 2.25. The number of benzene rings is 2. The van der Waals surface area contributed by atoms with Crippen LogP contribution in [-0.4, -0.2) is 16.2 Å². The highest BCUT2D eigenvalue weighted by molar-refractivity contribution is 6.54. The van der Waals surface area contributed by atoms with Crippen LogP contribution in [-0.2, 0) is 0 Å². The normalized spacial score (nSPS) is 13.9. The molecule has 1 heterocycles. The molecule has 0 radical (unpaired) electrons. The maximum Gasteiger partial charge on any atom is 0.274 e. The van der Waals surface area contributed by atoms with Crippen molar-refractivity contribution in [1.82, 2.24) is 0 Å². The third-order valence-corrected chi connectivity index (χ3v) is 3.24. The van der Waals surface area contributed by atoms with Crippen molar-refractivity contribution in [2.45, 2.75) is 0 Å². The summed E-state index contributed by atoms with van der Waals surface area (Å²) in [5.41, 5.74) is 1.34. The van der Waals surface area contributed by atoms with Gasteiger partial charge >= 0.3 is 0 Å². The molecule has 3 nitrogen and oxygen atoms in total. The lowest BCUT2D eigenvalue weighted by Crippen LogP contribution is -2.16. The maximum absolute atomic E-state index is 12.2. The van der Waals surface area contributed by atoms with Crippen molar-refractivity contribution in [3.63, 3.8) is 0 Å². The fraction of sp³-hybridized carbons (Fsp3) is 0. The quantitative estimate of drug-likeness (QED) is 0.582. The van der Waals surface area contributed by atoms with Gasteiger partial charge < -0.3 is 5.21 Å². The zero-order chi connectivity index (χ0) is 12.7. The Morgan fingerprint density at radius 1 is 0.944 bits per heavy atom. The molecule has 4 heteroatoms. The number of carbonyl (C=O) groups is 1. The standard InChI is InChI=1S/C14H8ClNO2/c15-11-7-3-1-5-9(11)13-14(17)10-6-2-4-8-12(10)16(13)18/h1-8H. The van der Waals surface area contributed by atoms with E-state index in [0.29, 0.717) is 26.6 Å². The Morgan fingerprint density at radius 2 is 1.56 bits per heavy atom. The highest BCUT2D eigenvalue weighted by Crippen LogP contribution is 2.29. The van der Waals surface area contributed by atoms with Crippen LogP contribution in [0, 0.1) is 5.21 Å². The molecular formula is C14H8ClNO2. The molecule has 0 spiro atoms. The summed E-state index contributed by atoms with van der Waals surface area (Å²) in [5, 5.41) is 12.6. The van der Waals surface area contributed by atoms with Crippen LogP contribution >= 0.6 is 11.6 Å². The van der Waals surface area contributed by atoms with Gasteiger partial charge in [0.15, 0.2) is 0 Å². The van der Waals surface area contributed by atoms with Gasteiger partial charge in [-0.1, -0.05) is 35.9 Å². The summed E-state index contributed by atoms with van der Waals surface area (Å²) in [6, 6.07) is 13.6. The van der Waals surface area contributed by atoms with Gasteiger partial charge in [-0.3, -0.25) is 4.79 Å². The van der Waals surface area contributed by atoms with Crippen molar-refractivity contribution < 1.29 is 9.53 Å². The first kappa shape index (κ1) is 11.0. The van der Waals surface area contributed by atoms with Crippen LogP contribution in [0.4, 0.5) is 5.69 Å². The van der Waals surface area contributed by atoms with Gasteiger partial charge in [0.1, 0.15) is 5.56 Å². The Labute approximate surface area is 109 Å². The molecule has 0 unspecified atom stereocenters. The van der Waals surface area contributed by atoms with Crippen molar-refractivity contribution >= 4 is 28.8 Å². The molecule has 1 aliphatic heterocycles. The molecule has 2 aromatic rings. The molecule has 0 N–H and O–H groups in total. The van der Waals surface area contributed by atoms with Crippen LogP contribution in [0.2, 0.25) is 5.02 Å². The third-order valence-electron chi connectivity index (χ3n) is 2.91. The molecule has 0 aliphatic carbocycles. The molecule has 0 saturated heterocycles. The van der Waals surface area contributed by atoms with Gasteiger partial charge in [-0.2, -0.15) is 4.74 Å². The summed E-state index contributed by atoms with van der Waals surface area (Å²) >= 11 is 6.04. The topological polar surface area (TPSA) is 43.1 Å². The first-order valence-electron chi connectivity index (χ1n) is 5.43. The molecule has 0 atom stereocenters. The van der Waals surface area contributed by atoms with Crippen LogP contribution in [0.25, 0.3) is 0 Å². The molecule has 0 bridgehead atoms. The number of halogens is 1. The van der Waals surface area contributed by atoms with E-state index in [1.807, 2.05) is 0 Å². The molecule has 0 amide bonds. The van der Waals surface area contributed by atoms with E-state index in [1.54, 1.807) is 48.5 Å². The summed E-state index contributed by atoms with van der Waals surface area (Å²) in [5.74, 6) is -0.284. The summed E-state index contributed by atoms with van der Waals surface area (Å²) in [4.78, 5) is 12.2. The maximum atomic E-state index is 12.2. The second-order valence-electron chi connectivity index (χ2n) is 3.97. The van der Waals surface area contributed by atoms with Crippen molar-refractivity contribution in [3.05, 3.63) is 69.9 Å².